The molecule has 5 N–H and O–H groups in total. The molecule has 0 saturated heterocycles. The van der Waals surface area contributed by atoms with Crippen LogP contribution in [0.1, 0.15) is 13.8 Å². The van der Waals surface area contributed by atoms with Crippen LogP contribution in [0.2, 0.25) is 0 Å². The van der Waals surface area contributed by atoms with Gasteiger partial charge in [0.15, 0.2) is 0 Å². The number of carbonyl (C=O) groups is 1. The van der Waals surface area contributed by atoms with E-state index in [9.17, 15) is 24.6 Å². The lowest BCUT2D eigenvalue weighted by molar-refractivity contribution is -0.114. The van der Waals surface area contributed by atoms with Gasteiger partial charge in [0.25, 0.3) is 5.56 Å². The van der Waals surface area contributed by atoms with Gasteiger partial charge in [0.1, 0.15) is 23.4 Å². The van der Waals surface area contributed by atoms with Crippen LogP contribution in [0.15, 0.2) is 14.5 Å². The molecule has 3 atom stereocenters. The highest BCUT2D eigenvalue weighted by Gasteiger charge is 2.24. The molecular formula is C13H20N2O7S. The molecule has 1 rings (SSSR count). The minimum absolute atomic E-state index is 0.00306. The van der Waals surface area contributed by atoms with Gasteiger partial charge in [-0.05, 0) is 6.92 Å². The average Bonchev–Trinajstić information content (AvgIpc) is 2.49. The maximum absolute atomic E-state index is 11.8. The third kappa shape index (κ3) is 5.82. The van der Waals surface area contributed by atoms with Crippen LogP contribution in [0, 0.1) is 5.92 Å². The van der Waals surface area contributed by atoms with Crippen molar-refractivity contribution in [3.8, 4) is 5.88 Å². The van der Waals surface area contributed by atoms with E-state index in [-0.39, 0.29) is 28.9 Å². The number of H-pyrrole nitrogens is 2. The van der Waals surface area contributed by atoms with Gasteiger partial charge >= 0.3 is 5.69 Å². The molecule has 0 spiro atoms. The summed E-state index contributed by atoms with van der Waals surface area (Å²) in [5, 5.41) is 28.5. The first kappa shape index (κ1) is 19.4. The molecule has 0 radical (unpaired) electrons. The Labute approximate surface area is 135 Å². The zero-order valence-electron chi connectivity index (χ0n) is 12.7. The van der Waals surface area contributed by atoms with Crippen LogP contribution in [0.3, 0.4) is 0 Å². The number of ketones is 1. The first-order chi connectivity index (χ1) is 10.8. The summed E-state index contributed by atoms with van der Waals surface area (Å²) in [7, 11) is 0. The summed E-state index contributed by atoms with van der Waals surface area (Å²) in [6.45, 7) is 2.17. The van der Waals surface area contributed by atoms with Crippen molar-refractivity contribution in [2.45, 2.75) is 31.0 Å². The first-order valence-corrected chi connectivity index (χ1v) is 7.83. The van der Waals surface area contributed by atoms with Crippen LogP contribution in [0.25, 0.3) is 0 Å². The molecule has 9 nitrogen and oxygen atoms in total. The van der Waals surface area contributed by atoms with E-state index in [1.807, 2.05) is 4.98 Å². The second-order valence-electron chi connectivity index (χ2n) is 5.09. The van der Waals surface area contributed by atoms with E-state index in [1.54, 1.807) is 0 Å². The predicted octanol–water partition coefficient (Wildman–Crippen LogP) is -1.53. The summed E-state index contributed by atoms with van der Waals surface area (Å²) in [5.41, 5.74) is -1.51. The number of nitrogens with one attached hydrogen (secondary N) is 2. The molecule has 0 saturated carbocycles. The van der Waals surface area contributed by atoms with E-state index in [2.05, 4.69) is 4.98 Å². The standard InChI is InChI=1S/C13H20N2O7S/c1-6(3-16)9(19)8(18)4-22-12-10(23-5-7(2)17)11(20)14-13(21)15-12/h6,8-9,16,18-19H,3-5H2,1-2H3,(H2,14,15,20,21)/t6-,8+,9-/m1/s1. The minimum atomic E-state index is -1.33. The Morgan fingerprint density at radius 3 is 2.52 bits per heavy atom. The fourth-order valence-corrected chi connectivity index (χ4v) is 2.39. The van der Waals surface area contributed by atoms with E-state index < -0.39 is 36.0 Å². The summed E-state index contributed by atoms with van der Waals surface area (Å²) < 4.78 is 5.21. The largest absolute Gasteiger partial charge is 0.475 e. The highest BCUT2D eigenvalue weighted by molar-refractivity contribution is 8.00. The van der Waals surface area contributed by atoms with Gasteiger partial charge in [-0.2, -0.15) is 0 Å². The van der Waals surface area contributed by atoms with Gasteiger partial charge in [-0.1, -0.05) is 6.92 Å². The number of aliphatic hydroxyl groups excluding tert-OH is 3. The van der Waals surface area contributed by atoms with Gasteiger partial charge in [0.05, 0.1) is 11.9 Å². The molecule has 1 aromatic heterocycles. The number of thioether (sulfide) groups is 1. The van der Waals surface area contributed by atoms with Crippen molar-refractivity contribution in [1.29, 1.82) is 0 Å². The molecule has 0 aromatic carbocycles. The number of hydrogen-bond acceptors (Lipinski definition) is 8. The monoisotopic (exact) mass is 348 g/mol. The SMILES string of the molecule is CC(=O)CSc1c(OC[C@H](O)[C@H](O)[C@H](C)CO)[nH]c(=O)[nH]c1=O. The molecule has 0 amide bonds. The van der Waals surface area contributed by atoms with Crippen LogP contribution in [-0.2, 0) is 4.79 Å². The molecule has 0 aliphatic heterocycles. The maximum Gasteiger partial charge on any atom is 0.328 e. The van der Waals surface area contributed by atoms with Gasteiger partial charge in [-0.25, -0.2) is 4.79 Å². The normalized spacial score (nSPS) is 15.0. The lowest BCUT2D eigenvalue weighted by Crippen LogP contribution is -2.38. The van der Waals surface area contributed by atoms with E-state index in [4.69, 9.17) is 9.84 Å². The van der Waals surface area contributed by atoms with Crippen molar-refractivity contribution in [3.63, 3.8) is 0 Å². The number of carbonyl (C=O) groups excluding carboxylic acids is 1. The van der Waals surface area contributed by atoms with Crippen molar-refractivity contribution in [3.05, 3.63) is 20.8 Å². The minimum Gasteiger partial charge on any atom is -0.475 e. The average molecular weight is 348 g/mol. The molecule has 0 fully saturated rings. The molecule has 0 aliphatic carbocycles. The zero-order valence-corrected chi connectivity index (χ0v) is 13.6. The smallest absolute Gasteiger partial charge is 0.328 e. The van der Waals surface area contributed by atoms with Crippen molar-refractivity contribution in [2.75, 3.05) is 19.0 Å². The number of aliphatic hydroxyl groups is 3. The Bertz CT molecular complexity index is 642. The van der Waals surface area contributed by atoms with E-state index >= 15 is 0 Å². The fraction of sp³-hybridized carbons (Fsp3) is 0.615. The number of aromatic nitrogens is 2. The highest BCUT2D eigenvalue weighted by atomic mass is 32.2. The predicted molar refractivity (Wildman–Crippen MR) is 82.8 cm³/mol. The first-order valence-electron chi connectivity index (χ1n) is 6.84. The quantitative estimate of drug-likeness (QED) is 0.337. The molecule has 1 heterocycles. The molecular weight excluding hydrogens is 328 g/mol. The third-order valence-corrected chi connectivity index (χ3v) is 4.16. The maximum atomic E-state index is 11.8. The topological polar surface area (TPSA) is 153 Å². The van der Waals surface area contributed by atoms with Gasteiger partial charge < -0.3 is 20.1 Å². The molecule has 0 aliphatic rings. The fourth-order valence-electron chi connectivity index (χ4n) is 1.62. The number of rotatable bonds is 9. The lowest BCUT2D eigenvalue weighted by Gasteiger charge is -2.22. The Kier molecular flexibility index (Phi) is 7.49. The van der Waals surface area contributed by atoms with Crippen molar-refractivity contribution in [2.24, 2.45) is 5.92 Å². The van der Waals surface area contributed by atoms with Crippen LogP contribution in [0.5, 0.6) is 5.88 Å². The number of Topliss-reactive ketones (excluding diaryl/α,β-unsaturated/α-hetero) is 1. The highest BCUT2D eigenvalue weighted by Crippen LogP contribution is 2.22. The lowest BCUT2D eigenvalue weighted by atomic mass is 10.0. The summed E-state index contributed by atoms with van der Waals surface area (Å²) in [6.07, 6.45) is -2.56. The Morgan fingerprint density at radius 2 is 1.96 bits per heavy atom. The molecule has 130 valence electrons. The summed E-state index contributed by atoms with van der Waals surface area (Å²) in [6, 6.07) is 0. The van der Waals surface area contributed by atoms with Crippen molar-refractivity contribution >= 4 is 17.5 Å². The van der Waals surface area contributed by atoms with Crippen LogP contribution in [-0.4, -0.2) is 62.2 Å². The Hall–Kier alpha value is -1.62. The van der Waals surface area contributed by atoms with E-state index in [0.717, 1.165) is 11.8 Å². The van der Waals surface area contributed by atoms with Crippen LogP contribution < -0.4 is 16.0 Å². The van der Waals surface area contributed by atoms with Gasteiger partial charge in [0, 0.05) is 12.5 Å². The van der Waals surface area contributed by atoms with Crippen LogP contribution >= 0.6 is 11.8 Å². The number of hydrogen-bond donors (Lipinski definition) is 5. The van der Waals surface area contributed by atoms with Gasteiger partial charge in [-0.3, -0.25) is 19.6 Å². The third-order valence-electron chi connectivity index (χ3n) is 2.95. The molecule has 10 heteroatoms. The zero-order chi connectivity index (χ0) is 17.6. The van der Waals surface area contributed by atoms with E-state index in [0.29, 0.717) is 0 Å². The summed E-state index contributed by atoms with van der Waals surface area (Å²) in [4.78, 5) is 38.4. The second kappa shape index (κ2) is 8.87. The van der Waals surface area contributed by atoms with Crippen LogP contribution in [0.4, 0.5) is 0 Å². The van der Waals surface area contributed by atoms with Gasteiger partial charge in [-0.15, -0.1) is 11.8 Å². The summed E-state index contributed by atoms with van der Waals surface area (Å²) in [5.74, 6) is -0.914. The number of aromatic amines is 2. The molecule has 1 aromatic rings. The van der Waals surface area contributed by atoms with E-state index in [1.165, 1.54) is 13.8 Å². The molecule has 23 heavy (non-hydrogen) atoms. The Balaban J connectivity index is 2.88. The van der Waals surface area contributed by atoms with Gasteiger partial charge in [0.2, 0.25) is 5.88 Å². The van der Waals surface area contributed by atoms with Crippen molar-refractivity contribution < 1.29 is 24.9 Å². The Morgan fingerprint density at radius 1 is 1.30 bits per heavy atom. The second-order valence-corrected chi connectivity index (χ2v) is 6.07. The van der Waals surface area contributed by atoms with Crippen molar-refractivity contribution in [1.82, 2.24) is 9.97 Å². The number of ether oxygens (including phenoxy) is 1. The summed E-state index contributed by atoms with van der Waals surface area (Å²) >= 11 is 0.889. The molecule has 0 unspecified atom stereocenters. The molecule has 0 bridgehead atoms.